The normalized spacial score (nSPS) is 11.9. The van der Waals surface area contributed by atoms with E-state index in [0.29, 0.717) is 17.5 Å². The summed E-state index contributed by atoms with van der Waals surface area (Å²) >= 11 is 0. The Morgan fingerprint density at radius 1 is 0.227 bits per heavy atom. The molecule has 0 aliphatic rings. The molecule has 0 saturated heterocycles. The Kier molecular flexibility index (Phi) is 11.2. The Labute approximate surface area is 504 Å². The maximum Gasteiger partial charge on any atom is 0.164 e. The summed E-state index contributed by atoms with van der Waals surface area (Å²) in [4.78, 5) is 15.2. The van der Waals surface area contributed by atoms with Crippen LogP contribution in [0.5, 0.6) is 0 Å². The molecular formula is C81H48N4O3. The van der Waals surface area contributed by atoms with Gasteiger partial charge in [0.05, 0.1) is 11.0 Å². The van der Waals surface area contributed by atoms with Crippen molar-refractivity contribution in [2.24, 2.45) is 0 Å². The first-order valence-corrected chi connectivity index (χ1v) is 29.6. The van der Waals surface area contributed by atoms with Gasteiger partial charge in [0.1, 0.15) is 33.5 Å². The lowest BCUT2D eigenvalue weighted by molar-refractivity contribution is 0.668. The Bertz CT molecular complexity index is 5760. The number of furan rings is 3. The van der Waals surface area contributed by atoms with E-state index in [1.54, 1.807) is 0 Å². The Balaban J connectivity index is 0.760. The van der Waals surface area contributed by atoms with Crippen LogP contribution in [0.25, 0.3) is 183 Å². The average molecular weight is 1130 g/mol. The summed E-state index contributed by atoms with van der Waals surface area (Å²) in [6, 6.07) is 102. The van der Waals surface area contributed by atoms with E-state index in [-0.39, 0.29) is 0 Å². The molecule has 0 atom stereocenters. The SMILES string of the molecule is c1ccc(-c2ccc3c(c2)c2ccccc2n3-c2ccc3c(c2)oc2ccc(-c4cccc(-c5cc(-c6ccc7c(c6)oc6ccccc67)c6oc7cccc(-c8cccc(-c9nc(-c%10ccccc%10)nc(-c%10ccccc%10)n9)c8)c7c6c5)c4)cc23)cc1. The molecule has 0 aliphatic carbocycles. The maximum atomic E-state index is 7.08. The van der Waals surface area contributed by atoms with Gasteiger partial charge in [0, 0.05) is 77.1 Å². The molecule has 0 bridgehead atoms. The Morgan fingerprint density at radius 3 is 1.50 bits per heavy atom. The molecular weight excluding hydrogens is 1080 g/mol. The molecule has 0 N–H and O–H groups in total. The van der Waals surface area contributed by atoms with Gasteiger partial charge >= 0.3 is 0 Å². The van der Waals surface area contributed by atoms with E-state index >= 15 is 0 Å². The standard InChI is InChI=1S/C81H48N4O3/c1-4-17-49(18-5-1)54-34-39-71-67(43-54)62-27-10-12-30-70(62)85(71)60-36-38-65-68-44-55(35-40-73(68)87-76(65)48-60)52-23-14-24-53(41-52)59-45-66(57-33-37-64-63-28-11-13-31-72(63)86-75(64)47-57)78-69(46-59)77-61(29-16-32-74(77)88-78)56-25-15-26-58(42-56)81-83-79(50-19-6-2-7-20-50)82-80(84-81)51-21-8-3-9-22-51/h1-48H. The van der Waals surface area contributed by atoms with Crippen molar-refractivity contribution in [1.29, 1.82) is 0 Å². The highest BCUT2D eigenvalue weighted by Crippen LogP contribution is 2.46. The van der Waals surface area contributed by atoms with Gasteiger partial charge in [-0.05, 0) is 141 Å². The first kappa shape index (κ1) is 49.5. The fourth-order valence-corrected chi connectivity index (χ4v) is 13.2. The van der Waals surface area contributed by atoms with Gasteiger partial charge in [0.15, 0.2) is 17.5 Å². The minimum Gasteiger partial charge on any atom is -0.456 e. The Hall–Kier alpha value is -11.9. The van der Waals surface area contributed by atoms with Crippen molar-refractivity contribution in [2.45, 2.75) is 0 Å². The van der Waals surface area contributed by atoms with Gasteiger partial charge in [0.25, 0.3) is 0 Å². The zero-order chi connectivity index (χ0) is 57.8. The minimum absolute atomic E-state index is 0.590. The zero-order valence-electron chi connectivity index (χ0n) is 47.2. The molecule has 0 aliphatic heterocycles. The zero-order valence-corrected chi connectivity index (χ0v) is 47.2. The van der Waals surface area contributed by atoms with E-state index in [0.717, 1.165) is 144 Å². The largest absolute Gasteiger partial charge is 0.456 e. The summed E-state index contributed by atoms with van der Waals surface area (Å²) in [5, 5.41) is 8.73. The molecule has 13 aromatic carbocycles. The monoisotopic (exact) mass is 1120 g/mol. The molecule has 5 heterocycles. The third-order valence-electron chi connectivity index (χ3n) is 17.4. The molecule has 0 radical (unpaired) electrons. The van der Waals surface area contributed by atoms with Crippen LogP contribution in [0.15, 0.2) is 304 Å². The molecule has 0 amide bonds. The van der Waals surface area contributed by atoms with Gasteiger partial charge in [-0.3, -0.25) is 0 Å². The van der Waals surface area contributed by atoms with Crippen LogP contribution < -0.4 is 0 Å². The van der Waals surface area contributed by atoms with E-state index in [2.05, 4.69) is 223 Å². The number of para-hydroxylation sites is 2. The van der Waals surface area contributed by atoms with Crippen molar-refractivity contribution in [3.8, 4) is 95.5 Å². The van der Waals surface area contributed by atoms with Gasteiger partial charge < -0.3 is 17.8 Å². The average Bonchev–Trinajstić information content (AvgIpc) is 1.89. The van der Waals surface area contributed by atoms with Crippen LogP contribution in [-0.4, -0.2) is 19.5 Å². The highest BCUT2D eigenvalue weighted by molar-refractivity contribution is 6.18. The van der Waals surface area contributed by atoms with Crippen LogP contribution in [-0.2, 0) is 0 Å². The van der Waals surface area contributed by atoms with Crippen LogP contribution in [0, 0.1) is 0 Å². The summed E-state index contributed by atoms with van der Waals surface area (Å²) in [7, 11) is 0. The lowest BCUT2D eigenvalue weighted by Gasteiger charge is -2.11. The molecule has 5 aromatic heterocycles. The van der Waals surface area contributed by atoms with E-state index < -0.39 is 0 Å². The van der Waals surface area contributed by atoms with E-state index in [1.165, 1.54) is 21.9 Å². The van der Waals surface area contributed by atoms with Crippen molar-refractivity contribution in [3.63, 3.8) is 0 Å². The first-order valence-electron chi connectivity index (χ1n) is 29.6. The number of aromatic nitrogens is 4. The van der Waals surface area contributed by atoms with Crippen LogP contribution in [0.3, 0.4) is 0 Å². The number of fused-ring (bicyclic) bond motifs is 12. The summed E-state index contributed by atoms with van der Waals surface area (Å²) in [5.74, 6) is 1.82. The van der Waals surface area contributed by atoms with Crippen molar-refractivity contribution in [3.05, 3.63) is 291 Å². The lowest BCUT2D eigenvalue weighted by Crippen LogP contribution is -2.00. The summed E-state index contributed by atoms with van der Waals surface area (Å²) < 4.78 is 22.7. The number of hydrogen-bond acceptors (Lipinski definition) is 6. The van der Waals surface area contributed by atoms with E-state index in [9.17, 15) is 0 Å². The van der Waals surface area contributed by atoms with Gasteiger partial charge in [-0.15, -0.1) is 0 Å². The molecule has 410 valence electrons. The third kappa shape index (κ3) is 8.17. The van der Waals surface area contributed by atoms with Crippen molar-refractivity contribution in [1.82, 2.24) is 19.5 Å². The first-order chi connectivity index (χ1) is 43.6. The quantitative estimate of drug-likeness (QED) is 0.143. The molecule has 18 aromatic rings. The van der Waals surface area contributed by atoms with Crippen LogP contribution in [0.1, 0.15) is 0 Å². The van der Waals surface area contributed by atoms with Crippen molar-refractivity contribution in [2.75, 3.05) is 0 Å². The van der Waals surface area contributed by atoms with E-state index in [1.807, 2.05) is 72.8 Å². The predicted molar refractivity (Wildman–Crippen MR) is 359 cm³/mol. The smallest absolute Gasteiger partial charge is 0.164 e. The van der Waals surface area contributed by atoms with Gasteiger partial charge in [-0.1, -0.05) is 194 Å². The molecule has 7 nitrogen and oxygen atoms in total. The summed E-state index contributed by atoms with van der Waals surface area (Å²) in [6.45, 7) is 0. The third-order valence-corrected chi connectivity index (χ3v) is 17.4. The second-order valence-electron chi connectivity index (χ2n) is 22.6. The van der Waals surface area contributed by atoms with Crippen molar-refractivity contribution < 1.29 is 13.3 Å². The van der Waals surface area contributed by atoms with Crippen LogP contribution in [0.2, 0.25) is 0 Å². The van der Waals surface area contributed by atoms with E-state index in [4.69, 9.17) is 28.2 Å². The molecule has 0 saturated carbocycles. The number of rotatable bonds is 9. The van der Waals surface area contributed by atoms with Crippen LogP contribution >= 0.6 is 0 Å². The molecule has 88 heavy (non-hydrogen) atoms. The number of hydrogen-bond donors (Lipinski definition) is 0. The maximum absolute atomic E-state index is 7.08. The minimum atomic E-state index is 0.590. The van der Waals surface area contributed by atoms with Crippen molar-refractivity contribution >= 4 is 87.6 Å². The number of benzene rings is 13. The predicted octanol–water partition coefficient (Wildman–Crippen LogP) is 22.0. The fraction of sp³-hybridized carbons (Fsp3) is 0. The number of nitrogens with zero attached hydrogens (tertiary/aromatic N) is 4. The van der Waals surface area contributed by atoms with Gasteiger partial charge in [-0.25, -0.2) is 15.0 Å². The topological polar surface area (TPSA) is 83.0 Å². The second kappa shape index (κ2) is 19.8. The highest BCUT2D eigenvalue weighted by Gasteiger charge is 2.22. The molecule has 0 unspecified atom stereocenters. The van der Waals surface area contributed by atoms with Crippen LogP contribution in [0.4, 0.5) is 0 Å². The molecule has 7 heteroatoms. The highest BCUT2D eigenvalue weighted by atomic mass is 16.3. The van der Waals surface area contributed by atoms with Gasteiger partial charge in [0.2, 0.25) is 0 Å². The lowest BCUT2D eigenvalue weighted by atomic mass is 9.92. The molecule has 18 rings (SSSR count). The Morgan fingerprint density at radius 2 is 0.716 bits per heavy atom. The second-order valence-corrected chi connectivity index (χ2v) is 22.6. The van der Waals surface area contributed by atoms with Gasteiger partial charge in [-0.2, -0.15) is 0 Å². The summed E-state index contributed by atoms with van der Waals surface area (Å²) in [5.41, 5.74) is 21.7. The molecule has 0 spiro atoms. The molecule has 0 fully saturated rings. The summed E-state index contributed by atoms with van der Waals surface area (Å²) in [6.07, 6.45) is 0. The fourth-order valence-electron chi connectivity index (χ4n) is 13.2.